The second-order valence-electron chi connectivity index (χ2n) is 5.36. The lowest BCUT2D eigenvalue weighted by Gasteiger charge is -2.10. The SMILES string of the molecule is COc1ccccc1CCNc1nccc(Nc2ccccc2Cl)n1. The zero-order valence-electron chi connectivity index (χ0n) is 13.9. The van der Waals surface area contributed by atoms with Gasteiger partial charge < -0.3 is 15.4 Å². The van der Waals surface area contributed by atoms with Gasteiger partial charge in [0.1, 0.15) is 11.6 Å². The van der Waals surface area contributed by atoms with Crippen LogP contribution in [0.15, 0.2) is 60.8 Å². The molecule has 0 saturated heterocycles. The molecule has 0 atom stereocenters. The summed E-state index contributed by atoms with van der Waals surface area (Å²) in [6.07, 6.45) is 2.52. The summed E-state index contributed by atoms with van der Waals surface area (Å²) in [5, 5.41) is 7.08. The van der Waals surface area contributed by atoms with Crippen molar-refractivity contribution >= 4 is 29.1 Å². The summed E-state index contributed by atoms with van der Waals surface area (Å²) in [6.45, 7) is 0.704. The molecule has 128 valence electrons. The third-order valence-electron chi connectivity index (χ3n) is 3.66. The molecule has 25 heavy (non-hydrogen) atoms. The average Bonchev–Trinajstić information content (AvgIpc) is 2.64. The van der Waals surface area contributed by atoms with Crippen LogP contribution in [0.4, 0.5) is 17.5 Å². The van der Waals surface area contributed by atoms with E-state index in [4.69, 9.17) is 16.3 Å². The second-order valence-corrected chi connectivity index (χ2v) is 5.77. The Labute approximate surface area is 152 Å². The lowest BCUT2D eigenvalue weighted by molar-refractivity contribution is 0.410. The number of aromatic nitrogens is 2. The first-order valence-electron chi connectivity index (χ1n) is 7.96. The molecule has 3 rings (SSSR count). The normalized spacial score (nSPS) is 10.3. The Morgan fingerprint density at radius 1 is 1.04 bits per heavy atom. The van der Waals surface area contributed by atoms with Crippen molar-refractivity contribution < 1.29 is 4.74 Å². The van der Waals surface area contributed by atoms with E-state index in [-0.39, 0.29) is 0 Å². The number of methoxy groups -OCH3 is 1. The van der Waals surface area contributed by atoms with Gasteiger partial charge in [-0.05, 0) is 36.2 Å². The number of halogens is 1. The molecule has 3 aromatic rings. The van der Waals surface area contributed by atoms with Gasteiger partial charge in [-0.2, -0.15) is 4.98 Å². The Hall–Kier alpha value is -2.79. The standard InChI is InChI=1S/C19H19ClN4O/c1-25-17-9-5-2-6-14(17)10-12-21-19-22-13-11-18(24-19)23-16-8-4-3-7-15(16)20/h2-9,11,13H,10,12H2,1H3,(H2,21,22,23,24). The second kappa shape index (κ2) is 8.35. The van der Waals surface area contributed by atoms with Crippen LogP contribution in [-0.2, 0) is 6.42 Å². The van der Waals surface area contributed by atoms with Crippen molar-refractivity contribution in [3.63, 3.8) is 0 Å². The summed E-state index contributed by atoms with van der Waals surface area (Å²) < 4.78 is 5.36. The van der Waals surface area contributed by atoms with Crippen LogP contribution in [0.25, 0.3) is 0 Å². The number of benzene rings is 2. The van der Waals surface area contributed by atoms with Gasteiger partial charge in [0.25, 0.3) is 0 Å². The van der Waals surface area contributed by atoms with Crippen LogP contribution in [0.2, 0.25) is 5.02 Å². The van der Waals surface area contributed by atoms with E-state index < -0.39 is 0 Å². The molecule has 0 amide bonds. The van der Waals surface area contributed by atoms with E-state index in [2.05, 4.69) is 26.7 Å². The van der Waals surface area contributed by atoms with Crippen LogP contribution in [0.1, 0.15) is 5.56 Å². The number of nitrogens with one attached hydrogen (secondary N) is 2. The summed E-state index contributed by atoms with van der Waals surface area (Å²) in [5.74, 6) is 2.13. The minimum absolute atomic E-state index is 0.562. The van der Waals surface area contributed by atoms with E-state index in [9.17, 15) is 0 Å². The molecule has 0 fully saturated rings. The molecular weight excluding hydrogens is 336 g/mol. The maximum Gasteiger partial charge on any atom is 0.224 e. The molecule has 0 aliphatic carbocycles. The number of ether oxygens (including phenoxy) is 1. The van der Waals surface area contributed by atoms with Crippen LogP contribution in [-0.4, -0.2) is 23.6 Å². The summed E-state index contributed by atoms with van der Waals surface area (Å²) in [6, 6.07) is 17.3. The fourth-order valence-electron chi connectivity index (χ4n) is 2.43. The van der Waals surface area contributed by atoms with Gasteiger partial charge in [-0.3, -0.25) is 0 Å². The molecule has 5 nitrogen and oxygen atoms in total. The van der Waals surface area contributed by atoms with Gasteiger partial charge in [0.15, 0.2) is 0 Å². The molecule has 0 radical (unpaired) electrons. The number of nitrogens with zero attached hydrogens (tertiary/aromatic N) is 2. The van der Waals surface area contributed by atoms with Crippen molar-refractivity contribution in [2.75, 3.05) is 24.3 Å². The molecule has 0 aliphatic heterocycles. The minimum atomic E-state index is 0.562. The first kappa shape index (κ1) is 17.0. The van der Waals surface area contributed by atoms with Gasteiger partial charge in [0.2, 0.25) is 5.95 Å². The van der Waals surface area contributed by atoms with Crippen molar-refractivity contribution in [1.29, 1.82) is 0 Å². The number of anilines is 3. The van der Waals surface area contributed by atoms with E-state index in [1.165, 1.54) is 0 Å². The molecule has 0 saturated carbocycles. The Balaban J connectivity index is 1.61. The number of rotatable bonds is 7. The third kappa shape index (κ3) is 4.61. The van der Waals surface area contributed by atoms with Gasteiger partial charge in [0, 0.05) is 12.7 Å². The molecular formula is C19H19ClN4O. The molecule has 0 bridgehead atoms. The summed E-state index contributed by atoms with van der Waals surface area (Å²) in [5.41, 5.74) is 1.95. The lowest BCUT2D eigenvalue weighted by atomic mass is 10.1. The van der Waals surface area contributed by atoms with Gasteiger partial charge in [0.05, 0.1) is 17.8 Å². The highest BCUT2D eigenvalue weighted by Gasteiger charge is 2.04. The van der Waals surface area contributed by atoms with Gasteiger partial charge in [-0.25, -0.2) is 4.98 Å². The Morgan fingerprint density at radius 2 is 1.84 bits per heavy atom. The quantitative estimate of drug-likeness (QED) is 0.652. The maximum atomic E-state index is 6.16. The molecule has 2 aromatic carbocycles. The fourth-order valence-corrected chi connectivity index (χ4v) is 2.62. The molecule has 6 heteroatoms. The summed E-state index contributed by atoms with van der Waals surface area (Å²) in [7, 11) is 1.68. The fraction of sp³-hybridized carbons (Fsp3) is 0.158. The predicted octanol–water partition coefficient (Wildman–Crippen LogP) is 4.54. The highest BCUT2D eigenvalue weighted by molar-refractivity contribution is 6.33. The maximum absolute atomic E-state index is 6.16. The highest BCUT2D eigenvalue weighted by atomic mass is 35.5. The van der Waals surface area contributed by atoms with E-state index in [0.29, 0.717) is 23.3 Å². The van der Waals surface area contributed by atoms with E-state index in [1.54, 1.807) is 19.4 Å². The monoisotopic (exact) mass is 354 g/mol. The third-order valence-corrected chi connectivity index (χ3v) is 3.99. The van der Waals surface area contributed by atoms with Crippen molar-refractivity contribution in [3.05, 3.63) is 71.4 Å². The van der Waals surface area contributed by atoms with Crippen LogP contribution in [0.5, 0.6) is 5.75 Å². The van der Waals surface area contributed by atoms with Crippen molar-refractivity contribution in [1.82, 2.24) is 9.97 Å². The van der Waals surface area contributed by atoms with Crippen LogP contribution in [0.3, 0.4) is 0 Å². The van der Waals surface area contributed by atoms with Crippen LogP contribution in [0, 0.1) is 0 Å². The minimum Gasteiger partial charge on any atom is -0.496 e. The van der Waals surface area contributed by atoms with E-state index >= 15 is 0 Å². The number of hydrogen-bond acceptors (Lipinski definition) is 5. The van der Waals surface area contributed by atoms with Gasteiger partial charge >= 0.3 is 0 Å². The zero-order valence-corrected chi connectivity index (χ0v) is 14.6. The van der Waals surface area contributed by atoms with Crippen molar-refractivity contribution in [2.24, 2.45) is 0 Å². The van der Waals surface area contributed by atoms with Crippen LogP contribution >= 0.6 is 11.6 Å². The lowest BCUT2D eigenvalue weighted by Crippen LogP contribution is -2.09. The van der Waals surface area contributed by atoms with E-state index in [0.717, 1.165) is 23.4 Å². The predicted molar refractivity (Wildman–Crippen MR) is 102 cm³/mol. The largest absolute Gasteiger partial charge is 0.496 e. The van der Waals surface area contributed by atoms with Crippen molar-refractivity contribution in [2.45, 2.75) is 6.42 Å². The smallest absolute Gasteiger partial charge is 0.224 e. The van der Waals surface area contributed by atoms with E-state index in [1.807, 2.05) is 42.5 Å². The van der Waals surface area contributed by atoms with Crippen molar-refractivity contribution in [3.8, 4) is 5.75 Å². The Kier molecular flexibility index (Phi) is 5.69. The average molecular weight is 355 g/mol. The number of hydrogen-bond donors (Lipinski definition) is 2. The molecule has 1 heterocycles. The molecule has 0 aliphatic rings. The summed E-state index contributed by atoms with van der Waals surface area (Å²) >= 11 is 6.16. The number of para-hydroxylation sites is 2. The zero-order chi connectivity index (χ0) is 17.5. The molecule has 0 unspecified atom stereocenters. The van der Waals surface area contributed by atoms with Crippen LogP contribution < -0.4 is 15.4 Å². The topological polar surface area (TPSA) is 59.1 Å². The van der Waals surface area contributed by atoms with Gasteiger partial charge in [-0.15, -0.1) is 0 Å². The Morgan fingerprint density at radius 3 is 2.68 bits per heavy atom. The molecule has 0 spiro atoms. The summed E-state index contributed by atoms with van der Waals surface area (Å²) in [4.78, 5) is 8.71. The Bertz CT molecular complexity index is 841. The van der Waals surface area contributed by atoms with Gasteiger partial charge in [-0.1, -0.05) is 41.9 Å². The highest BCUT2D eigenvalue weighted by Crippen LogP contribution is 2.24. The molecule has 2 N–H and O–H groups in total. The molecule has 1 aromatic heterocycles. The first-order valence-corrected chi connectivity index (χ1v) is 8.34. The first-order chi connectivity index (χ1) is 12.3.